The summed E-state index contributed by atoms with van der Waals surface area (Å²) in [4.78, 5) is 20.8. The van der Waals surface area contributed by atoms with Gasteiger partial charge in [-0.15, -0.1) is 0 Å². The summed E-state index contributed by atoms with van der Waals surface area (Å²) in [5, 5.41) is 6.31. The van der Waals surface area contributed by atoms with Crippen LogP contribution in [0, 0.1) is 5.92 Å². The number of fused-ring (bicyclic) bond motifs is 1. The molecule has 0 atom stereocenters. The van der Waals surface area contributed by atoms with Crippen LogP contribution in [0.3, 0.4) is 0 Å². The zero-order valence-corrected chi connectivity index (χ0v) is 11.1. The molecule has 1 aliphatic rings. The summed E-state index contributed by atoms with van der Waals surface area (Å²) in [5.74, 6) is 1.91. The summed E-state index contributed by atoms with van der Waals surface area (Å²) in [5.41, 5.74) is 0.798. The minimum absolute atomic E-state index is 0.0684. The molecule has 0 aromatic carbocycles. The molecule has 2 aromatic heterocycles. The first kappa shape index (κ1) is 12.3. The van der Waals surface area contributed by atoms with Crippen LogP contribution in [0.15, 0.2) is 10.9 Å². The maximum absolute atomic E-state index is 12.0. The van der Waals surface area contributed by atoms with E-state index in [1.165, 1.54) is 4.52 Å². The van der Waals surface area contributed by atoms with Crippen molar-refractivity contribution < 1.29 is 0 Å². The van der Waals surface area contributed by atoms with Crippen molar-refractivity contribution in [2.45, 2.75) is 32.6 Å². The lowest BCUT2D eigenvalue weighted by Gasteiger charge is -2.21. The van der Waals surface area contributed by atoms with E-state index in [0.29, 0.717) is 11.7 Å². The molecule has 1 fully saturated rings. The number of hydrogen-bond acceptors (Lipinski definition) is 4. The second-order valence-electron chi connectivity index (χ2n) is 5.14. The average molecular weight is 261 g/mol. The summed E-state index contributed by atoms with van der Waals surface area (Å²) in [6.07, 6.45) is 3.96. The van der Waals surface area contributed by atoms with Crippen LogP contribution in [0.4, 0.5) is 0 Å². The van der Waals surface area contributed by atoms with Gasteiger partial charge in [-0.2, -0.15) is 9.50 Å². The van der Waals surface area contributed by atoms with Crippen LogP contribution in [0.25, 0.3) is 5.78 Å². The quantitative estimate of drug-likeness (QED) is 0.844. The maximum atomic E-state index is 12.0. The lowest BCUT2D eigenvalue weighted by molar-refractivity contribution is 0.370. The van der Waals surface area contributed by atoms with Gasteiger partial charge in [0.15, 0.2) is 0 Å². The molecule has 2 N–H and O–H groups in total. The zero-order valence-electron chi connectivity index (χ0n) is 11.1. The summed E-state index contributed by atoms with van der Waals surface area (Å²) in [6, 6.07) is 1.63. The molecule has 6 heteroatoms. The highest BCUT2D eigenvalue weighted by atomic mass is 16.1. The molecule has 1 saturated heterocycles. The molecule has 19 heavy (non-hydrogen) atoms. The molecule has 0 unspecified atom stereocenters. The standard InChI is InChI=1S/C13H19N5O/c1-2-11-16-13-15-10(8-12(19)18(13)17-11)7-9-3-5-14-6-4-9/h8-9,14H,2-7H2,1H3,(H,15,16,17). The molecule has 0 radical (unpaired) electrons. The van der Waals surface area contributed by atoms with Crippen molar-refractivity contribution in [1.82, 2.24) is 24.9 Å². The van der Waals surface area contributed by atoms with Gasteiger partial charge in [0, 0.05) is 12.5 Å². The Morgan fingerprint density at radius 2 is 2.16 bits per heavy atom. The van der Waals surface area contributed by atoms with Gasteiger partial charge < -0.3 is 5.32 Å². The van der Waals surface area contributed by atoms with Crippen molar-refractivity contribution in [3.8, 4) is 0 Å². The first-order valence-corrected chi connectivity index (χ1v) is 6.94. The Bertz CT molecular complexity index is 623. The molecule has 0 bridgehead atoms. The molecule has 3 heterocycles. The van der Waals surface area contributed by atoms with Crippen LogP contribution in [-0.2, 0) is 12.8 Å². The van der Waals surface area contributed by atoms with Gasteiger partial charge in [0.05, 0.1) is 5.69 Å². The second kappa shape index (κ2) is 5.13. The molecule has 1 aliphatic heterocycles. The van der Waals surface area contributed by atoms with Crippen LogP contribution in [-0.4, -0.2) is 32.7 Å². The van der Waals surface area contributed by atoms with E-state index in [-0.39, 0.29) is 5.56 Å². The van der Waals surface area contributed by atoms with Crippen LogP contribution in [0.5, 0.6) is 0 Å². The van der Waals surface area contributed by atoms with Crippen molar-refractivity contribution in [2.24, 2.45) is 5.92 Å². The molecular formula is C13H19N5O. The van der Waals surface area contributed by atoms with Crippen LogP contribution in [0.2, 0.25) is 0 Å². The largest absolute Gasteiger partial charge is 0.317 e. The lowest BCUT2D eigenvalue weighted by atomic mass is 9.93. The molecule has 0 spiro atoms. The molecule has 102 valence electrons. The smallest absolute Gasteiger partial charge is 0.274 e. The van der Waals surface area contributed by atoms with E-state index in [9.17, 15) is 4.79 Å². The number of piperidine rings is 1. The predicted molar refractivity (Wildman–Crippen MR) is 72.3 cm³/mol. The van der Waals surface area contributed by atoms with Gasteiger partial charge in [0.1, 0.15) is 5.82 Å². The Labute approximate surface area is 111 Å². The van der Waals surface area contributed by atoms with Gasteiger partial charge in [-0.1, -0.05) is 6.92 Å². The Kier molecular flexibility index (Phi) is 3.33. The monoisotopic (exact) mass is 261 g/mol. The third-order valence-electron chi connectivity index (χ3n) is 3.72. The topological polar surface area (TPSA) is 75.1 Å². The average Bonchev–Trinajstić information content (AvgIpc) is 2.83. The molecule has 6 nitrogen and oxygen atoms in total. The van der Waals surface area contributed by atoms with E-state index >= 15 is 0 Å². The number of hydrogen-bond donors (Lipinski definition) is 2. The van der Waals surface area contributed by atoms with Crippen molar-refractivity contribution >= 4 is 5.78 Å². The third kappa shape index (κ3) is 2.53. The number of H-pyrrole nitrogens is 1. The Morgan fingerprint density at radius 3 is 2.89 bits per heavy atom. The number of nitrogens with one attached hydrogen (secondary N) is 2. The van der Waals surface area contributed by atoms with Gasteiger partial charge in [0.2, 0.25) is 0 Å². The first-order valence-electron chi connectivity index (χ1n) is 6.94. The minimum atomic E-state index is -0.0684. The van der Waals surface area contributed by atoms with E-state index < -0.39 is 0 Å². The number of nitrogens with zero attached hydrogens (tertiary/aromatic N) is 3. The number of aromatic amines is 1. The van der Waals surface area contributed by atoms with E-state index in [1.54, 1.807) is 6.07 Å². The fourth-order valence-corrected chi connectivity index (χ4v) is 2.62. The van der Waals surface area contributed by atoms with E-state index in [0.717, 1.165) is 50.3 Å². The molecular weight excluding hydrogens is 242 g/mol. The third-order valence-corrected chi connectivity index (χ3v) is 3.72. The van der Waals surface area contributed by atoms with Gasteiger partial charge in [-0.25, -0.2) is 4.98 Å². The van der Waals surface area contributed by atoms with Gasteiger partial charge >= 0.3 is 0 Å². The van der Waals surface area contributed by atoms with Gasteiger partial charge in [0.25, 0.3) is 11.3 Å². The number of aryl methyl sites for hydroxylation is 1. The fourth-order valence-electron chi connectivity index (χ4n) is 2.62. The van der Waals surface area contributed by atoms with Crippen LogP contribution < -0.4 is 10.9 Å². The second-order valence-corrected chi connectivity index (χ2v) is 5.14. The van der Waals surface area contributed by atoms with Crippen LogP contribution in [0.1, 0.15) is 31.3 Å². The Morgan fingerprint density at radius 1 is 1.37 bits per heavy atom. The summed E-state index contributed by atoms with van der Waals surface area (Å²) < 4.78 is 1.42. The number of aromatic nitrogens is 4. The van der Waals surface area contributed by atoms with Crippen molar-refractivity contribution in [3.05, 3.63) is 27.9 Å². The predicted octanol–water partition coefficient (Wildman–Crippen LogP) is 0.522. The SMILES string of the molecule is CCc1nc2nc(CC3CCNCC3)cc(=O)n2[nH]1. The minimum Gasteiger partial charge on any atom is -0.317 e. The first-order chi connectivity index (χ1) is 9.26. The van der Waals surface area contributed by atoms with Crippen molar-refractivity contribution in [3.63, 3.8) is 0 Å². The maximum Gasteiger partial charge on any atom is 0.274 e. The summed E-state index contributed by atoms with van der Waals surface area (Å²) >= 11 is 0. The number of rotatable bonds is 3. The molecule has 0 aliphatic carbocycles. The van der Waals surface area contributed by atoms with E-state index in [2.05, 4.69) is 20.4 Å². The van der Waals surface area contributed by atoms with Gasteiger partial charge in [-0.05, 0) is 38.3 Å². The van der Waals surface area contributed by atoms with E-state index in [1.807, 2.05) is 6.92 Å². The Balaban J connectivity index is 1.89. The normalized spacial score (nSPS) is 17.1. The van der Waals surface area contributed by atoms with Crippen molar-refractivity contribution in [2.75, 3.05) is 13.1 Å². The highest BCUT2D eigenvalue weighted by Gasteiger charge is 2.15. The molecule has 0 amide bonds. The summed E-state index contributed by atoms with van der Waals surface area (Å²) in [6.45, 7) is 4.13. The zero-order chi connectivity index (χ0) is 13.2. The van der Waals surface area contributed by atoms with Crippen molar-refractivity contribution in [1.29, 1.82) is 0 Å². The van der Waals surface area contributed by atoms with Crippen LogP contribution >= 0.6 is 0 Å². The Hall–Kier alpha value is -1.69. The lowest BCUT2D eigenvalue weighted by Crippen LogP contribution is -2.29. The molecule has 2 aromatic rings. The summed E-state index contributed by atoms with van der Waals surface area (Å²) in [7, 11) is 0. The molecule has 3 rings (SSSR count). The molecule has 0 saturated carbocycles. The fraction of sp³-hybridized carbons (Fsp3) is 0.615. The van der Waals surface area contributed by atoms with Gasteiger partial charge in [-0.3, -0.25) is 9.89 Å². The highest BCUT2D eigenvalue weighted by Crippen LogP contribution is 2.16. The van der Waals surface area contributed by atoms with E-state index in [4.69, 9.17) is 0 Å². The highest BCUT2D eigenvalue weighted by molar-refractivity contribution is 5.28.